The van der Waals surface area contributed by atoms with Crippen molar-refractivity contribution in [2.24, 2.45) is 11.8 Å². The quantitative estimate of drug-likeness (QED) is 0.784. The molecular formula is C18H29ClN2. The molecule has 2 nitrogen and oxygen atoms in total. The van der Waals surface area contributed by atoms with Crippen molar-refractivity contribution in [1.82, 2.24) is 5.32 Å². The van der Waals surface area contributed by atoms with Crippen LogP contribution in [0, 0.1) is 11.8 Å². The molecule has 1 fully saturated rings. The molecule has 1 unspecified atom stereocenters. The number of halogens is 1. The van der Waals surface area contributed by atoms with Crippen molar-refractivity contribution in [3.05, 3.63) is 28.8 Å². The van der Waals surface area contributed by atoms with Gasteiger partial charge in [0.05, 0.1) is 0 Å². The van der Waals surface area contributed by atoms with Gasteiger partial charge in [0.1, 0.15) is 0 Å². The Balaban J connectivity index is 1.93. The number of hydrogen-bond acceptors (Lipinski definition) is 2. The molecule has 0 radical (unpaired) electrons. The Morgan fingerprint density at radius 1 is 1.38 bits per heavy atom. The van der Waals surface area contributed by atoms with E-state index in [4.69, 9.17) is 11.6 Å². The van der Waals surface area contributed by atoms with Crippen LogP contribution in [0.1, 0.15) is 45.6 Å². The molecule has 1 aromatic rings. The third-order valence-electron chi connectivity index (χ3n) is 4.25. The molecule has 21 heavy (non-hydrogen) atoms. The first kappa shape index (κ1) is 16.6. The normalized spacial score (nSPS) is 18.7. The highest BCUT2D eigenvalue weighted by Gasteiger charge is 2.22. The first-order valence-electron chi connectivity index (χ1n) is 8.34. The molecule has 0 aromatic heterocycles. The van der Waals surface area contributed by atoms with Gasteiger partial charge in [-0.05, 0) is 48.9 Å². The number of nitrogens with zero attached hydrogens (tertiary/aromatic N) is 1. The predicted octanol–water partition coefficient (Wildman–Crippen LogP) is 4.71. The van der Waals surface area contributed by atoms with E-state index in [9.17, 15) is 0 Å². The molecule has 0 saturated carbocycles. The third kappa shape index (κ3) is 4.89. The van der Waals surface area contributed by atoms with Crippen LogP contribution >= 0.6 is 11.6 Å². The zero-order valence-corrected chi connectivity index (χ0v) is 14.4. The SMILES string of the molecule is CCCC1CCN(c2ccc(CNCC(C)C)c(Cl)c2)C1. The molecule has 0 aliphatic carbocycles. The van der Waals surface area contributed by atoms with Crippen molar-refractivity contribution in [3.8, 4) is 0 Å². The Bertz CT molecular complexity index is 445. The highest BCUT2D eigenvalue weighted by molar-refractivity contribution is 6.31. The summed E-state index contributed by atoms with van der Waals surface area (Å²) in [6, 6.07) is 6.55. The summed E-state index contributed by atoms with van der Waals surface area (Å²) in [6.07, 6.45) is 3.96. The van der Waals surface area contributed by atoms with Crippen LogP contribution < -0.4 is 10.2 Å². The third-order valence-corrected chi connectivity index (χ3v) is 4.60. The summed E-state index contributed by atoms with van der Waals surface area (Å²) in [4.78, 5) is 2.48. The number of hydrogen-bond donors (Lipinski definition) is 1. The van der Waals surface area contributed by atoms with Crippen LogP contribution in [0.15, 0.2) is 18.2 Å². The van der Waals surface area contributed by atoms with Crippen LogP contribution in [0.4, 0.5) is 5.69 Å². The van der Waals surface area contributed by atoms with Crippen LogP contribution in [-0.2, 0) is 6.54 Å². The highest BCUT2D eigenvalue weighted by Crippen LogP contribution is 2.29. The first-order chi connectivity index (χ1) is 10.1. The average Bonchev–Trinajstić information content (AvgIpc) is 2.89. The minimum absolute atomic E-state index is 0.670. The molecule has 1 N–H and O–H groups in total. The van der Waals surface area contributed by atoms with Gasteiger partial charge in [-0.3, -0.25) is 0 Å². The highest BCUT2D eigenvalue weighted by atomic mass is 35.5. The van der Waals surface area contributed by atoms with Gasteiger partial charge in [-0.25, -0.2) is 0 Å². The molecule has 3 heteroatoms. The predicted molar refractivity (Wildman–Crippen MR) is 93.2 cm³/mol. The molecule has 1 saturated heterocycles. The van der Waals surface area contributed by atoms with Gasteiger partial charge < -0.3 is 10.2 Å². The molecule has 1 aromatic carbocycles. The van der Waals surface area contributed by atoms with Gasteiger partial charge in [-0.2, -0.15) is 0 Å². The number of anilines is 1. The van der Waals surface area contributed by atoms with E-state index in [1.165, 1.54) is 43.6 Å². The minimum atomic E-state index is 0.670. The number of nitrogens with one attached hydrogen (secondary N) is 1. The molecule has 118 valence electrons. The van der Waals surface area contributed by atoms with Gasteiger partial charge in [0.25, 0.3) is 0 Å². The maximum Gasteiger partial charge on any atom is 0.0471 e. The summed E-state index contributed by atoms with van der Waals surface area (Å²) in [5.41, 5.74) is 2.48. The Kier molecular flexibility index (Phi) is 6.38. The van der Waals surface area contributed by atoms with Crippen LogP contribution in [0.2, 0.25) is 5.02 Å². The maximum atomic E-state index is 6.45. The fraction of sp³-hybridized carbons (Fsp3) is 0.667. The number of benzene rings is 1. The summed E-state index contributed by atoms with van der Waals surface area (Å²) < 4.78 is 0. The van der Waals surface area contributed by atoms with Crippen LogP contribution in [0.25, 0.3) is 0 Å². The Morgan fingerprint density at radius 2 is 2.19 bits per heavy atom. The lowest BCUT2D eigenvalue weighted by Gasteiger charge is -2.20. The van der Waals surface area contributed by atoms with Crippen molar-refractivity contribution in [3.63, 3.8) is 0 Å². The lowest BCUT2D eigenvalue weighted by molar-refractivity contribution is 0.530. The van der Waals surface area contributed by atoms with Crippen molar-refractivity contribution >= 4 is 17.3 Å². The second-order valence-electron chi connectivity index (χ2n) is 6.69. The first-order valence-corrected chi connectivity index (χ1v) is 8.72. The van der Waals surface area contributed by atoms with Gasteiger partial charge in [0, 0.05) is 30.3 Å². The molecule has 1 heterocycles. The van der Waals surface area contributed by atoms with E-state index >= 15 is 0 Å². The van der Waals surface area contributed by atoms with E-state index in [-0.39, 0.29) is 0 Å². The van der Waals surface area contributed by atoms with E-state index in [1.807, 2.05) is 0 Å². The molecule has 0 spiro atoms. The largest absolute Gasteiger partial charge is 0.371 e. The van der Waals surface area contributed by atoms with E-state index < -0.39 is 0 Å². The maximum absolute atomic E-state index is 6.45. The van der Waals surface area contributed by atoms with Gasteiger partial charge in [0.15, 0.2) is 0 Å². The standard InChI is InChI=1S/C18H29ClN2/c1-4-5-15-8-9-21(13-15)17-7-6-16(18(19)10-17)12-20-11-14(2)3/h6-7,10,14-15,20H,4-5,8-9,11-13H2,1-3H3. The van der Waals surface area contributed by atoms with Gasteiger partial charge in [-0.15, -0.1) is 0 Å². The van der Waals surface area contributed by atoms with E-state index in [0.29, 0.717) is 5.92 Å². The summed E-state index contributed by atoms with van der Waals surface area (Å²) in [5.74, 6) is 1.53. The van der Waals surface area contributed by atoms with E-state index in [1.54, 1.807) is 0 Å². The lowest BCUT2D eigenvalue weighted by Crippen LogP contribution is -2.21. The zero-order chi connectivity index (χ0) is 15.2. The van der Waals surface area contributed by atoms with Crippen LogP contribution in [0.5, 0.6) is 0 Å². The smallest absolute Gasteiger partial charge is 0.0471 e. The van der Waals surface area contributed by atoms with Crippen LogP contribution in [-0.4, -0.2) is 19.6 Å². The van der Waals surface area contributed by atoms with E-state index in [0.717, 1.165) is 24.0 Å². The Labute approximate surface area is 134 Å². The molecule has 1 aliphatic heterocycles. The second-order valence-corrected chi connectivity index (χ2v) is 7.10. The van der Waals surface area contributed by atoms with Crippen molar-refractivity contribution in [2.45, 2.75) is 46.6 Å². The summed E-state index contributed by atoms with van der Waals surface area (Å²) in [5, 5.41) is 4.35. The fourth-order valence-electron chi connectivity index (χ4n) is 3.08. The minimum Gasteiger partial charge on any atom is -0.371 e. The van der Waals surface area contributed by atoms with E-state index in [2.05, 4.69) is 49.2 Å². The average molecular weight is 309 g/mol. The Hall–Kier alpha value is -0.730. The van der Waals surface area contributed by atoms with Crippen molar-refractivity contribution in [2.75, 3.05) is 24.5 Å². The molecule has 0 bridgehead atoms. The molecule has 0 amide bonds. The molecular weight excluding hydrogens is 280 g/mol. The molecule has 1 aliphatic rings. The fourth-order valence-corrected chi connectivity index (χ4v) is 3.32. The molecule has 1 atom stereocenters. The summed E-state index contributed by atoms with van der Waals surface area (Å²) >= 11 is 6.45. The van der Waals surface area contributed by atoms with Crippen molar-refractivity contribution < 1.29 is 0 Å². The van der Waals surface area contributed by atoms with Gasteiger partial charge in [-0.1, -0.05) is 44.9 Å². The summed E-state index contributed by atoms with van der Waals surface area (Å²) in [6.45, 7) is 11.0. The zero-order valence-electron chi connectivity index (χ0n) is 13.7. The Morgan fingerprint density at radius 3 is 2.86 bits per heavy atom. The second kappa shape index (κ2) is 8.05. The van der Waals surface area contributed by atoms with Gasteiger partial charge >= 0.3 is 0 Å². The van der Waals surface area contributed by atoms with Gasteiger partial charge in [0.2, 0.25) is 0 Å². The summed E-state index contributed by atoms with van der Waals surface area (Å²) in [7, 11) is 0. The lowest BCUT2D eigenvalue weighted by atomic mass is 10.0. The van der Waals surface area contributed by atoms with Crippen LogP contribution in [0.3, 0.4) is 0 Å². The molecule has 2 rings (SSSR count). The topological polar surface area (TPSA) is 15.3 Å². The monoisotopic (exact) mass is 308 g/mol. The van der Waals surface area contributed by atoms with Crippen molar-refractivity contribution in [1.29, 1.82) is 0 Å². The number of rotatable bonds is 7.